The van der Waals surface area contributed by atoms with Gasteiger partial charge in [0, 0.05) is 12.1 Å². The van der Waals surface area contributed by atoms with Crippen molar-refractivity contribution in [2.45, 2.75) is 62.5 Å². The summed E-state index contributed by atoms with van der Waals surface area (Å²) >= 11 is 0. The number of amides is 2. The Labute approximate surface area is 162 Å². The Bertz CT molecular complexity index is 723. The molecular weight excluding hydrogens is 366 g/mol. The third-order valence-electron chi connectivity index (χ3n) is 5.58. The van der Waals surface area contributed by atoms with Crippen molar-refractivity contribution in [3.05, 3.63) is 34.4 Å². The Morgan fingerprint density at radius 2 is 1.89 bits per heavy atom. The van der Waals surface area contributed by atoms with Gasteiger partial charge in [-0.15, -0.1) is 0 Å². The minimum atomic E-state index is -0.461. The van der Waals surface area contributed by atoms with Gasteiger partial charge in [0.05, 0.1) is 30.2 Å². The summed E-state index contributed by atoms with van der Waals surface area (Å²) in [6.07, 6.45) is 4.61. The Morgan fingerprint density at radius 1 is 1.11 bits per heavy atom. The molecule has 28 heavy (non-hydrogen) atoms. The van der Waals surface area contributed by atoms with Crippen molar-refractivity contribution in [1.29, 1.82) is 0 Å². The van der Waals surface area contributed by atoms with Gasteiger partial charge in [-0.3, -0.25) is 10.1 Å². The Hall–Kier alpha value is -2.39. The van der Waals surface area contributed by atoms with Crippen LogP contribution in [-0.4, -0.2) is 54.6 Å². The van der Waals surface area contributed by atoms with Gasteiger partial charge < -0.3 is 24.8 Å². The molecule has 1 saturated carbocycles. The van der Waals surface area contributed by atoms with E-state index in [1.165, 1.54) is 18.6 Å². The van der Waals surface area contributed by atoms with E-state index in [4.69, 9.17) is 14.2 Å². The van der Waals surface area contributed by atoms with Gasteiger partial charge >= 0.3 is 6.03 Å². The predicted octanol–water partition coefficient (Wildman–Crippen LogP) is 2.14. The number of benzene rings is 1. The monoisotopic (exact) mass is 391 g/mol. The molecule has 9 nitrogen and oxygen atoms in total. The van der Waals surface area contributed by atoms with Crippen molar-refractivity contribution >= 4 is 11.7 Å². The molecule has 1 aromatic rings. The molecule has 1 aromatic carbocycles. The molecule has 4 rings (SSSR count). The molecule has 0 radical (unpaired) electrons. The number of carbonyl (C=O) groups is 1. The lowest BCUT2D eigenvalue weighted by atomic mass is 9.96. The van der Waals surface area contributed by atoms with Crippen molar-refractivity contribution in [2.24, 2.45) is 0 Å². The second kappa shape index (κ2) is 8.32. The molecule has 9 heteroatoms. The second-order valence-electron chi connectivity index (χ2n) is 7.57. The van der Waals surface area contributed by atoms with Crippen LogP contribution in [0.25, 0.3) is 0 Å². The van der Waals surface area contributed by atoms with Crippen molar-refractivity contribution < 1.29 is 23.9 Å². The molecular formula is C19H25N3O6. The van der Waals surface area contributed by atoms with Crippen molar-refractivity contribution in [3.8, 4) is 5.75 Å². The lowest BCUT2D eigenvalue weighted by Gasteiger charge is -2.24. The lowest BCUT2D eigenvalue weighted by Crippen LogP contribution is -2.51. The summed E-state index contributed by atoms with van der Waals surface area (Å²) in [5.41, 5.74) is -0.0285. The number of hydrogen-bond donors (Lipinski definition) is 2. The number of nitro groups is 1. The summed E-state index contributed by atoms with van der Waals surface area (Å²) < 4.78 is 17.5. The number of ether oxygens (including phenoxy) is 3. The first kappa shape index (κ1) is 18.9. The molecule has 0 aromatic heterocycles. The predicted molar refractivity (Wildman–Crippen MR) is 99.3 cm³/mol. The number of nitrogens with zero attached hydrogens (tertiary/aromatic N) is 1. The number of non-ortho nitro benzene ring substituents is 1. The van der Waals surface area contributed by atoms with E-state index in [0.29, 0.717) is 19.0 Å². The summed E-state index contributed by atoms with van der Waals surface area (Å²) in [7, 11) is 0. The van der Waals surface area contributed by atoms with Gasteiger partial charge in [0.1, 0.15) is 18.0 Å². The lowest BCUT2D eigenvalue weighted by molar-refractivity contribution is -0.385. The molecule has 3 aliphatic rings. The normalized spacial score (nSPS) is 29.9. The highest BCUT2D eigenvalue weighted by Crippen LogP contribution is 2.31. The van der Waals surface area contributed by atoms with Crippen LogP contribution < -0.4 is 15.4 Å². The van der Waals surface area contributed by atoms with Crippen LogP contribution in [0.3, 0.4) is 0 Å². The van der Waals surface area contributed by atoms with E-state index in [1.807, 2.05) is 0 Å². The highest BCUT2D eigenvalue weighted by Gasteiger charge is 2.49. The van der Waals surface area contributed by atoms with E-state index in [-0.39, 0.29) is 42.1 Å². The number of nitrogens with one attached hydrogen (secondary N) is 2. The van der Waals surface area contributed by atoms with E-state index in [0.717, 1.165) is 25.7 Å². The molecule has 0 bridgehead atoms. The first-order chi connectivity index (χ1) is 13.6. The third-order valence-corrected chi connectivity index (χ3v) is 5.58. The summed E-state index contributed by atoms with van der Waals surface area (Å²) in [5, 5.41) is 16.9. The zero-order valence-electron chi connectivity index (χ0n) is 15.5. The van der Waals surface area contributed by atoms with Crippen molar-refractivity contribution in [2.75, 3.05) is 13.2 Å². The van der Waals surface area contributed by atoms with Gasteiger partial charge in [0.15, 0.2) is 6.10 Å². The van der Waals surface area contributed by atoms with E-state index in [9.17, 15) is 14.9 Å². The summed E-state index contributed by atoms with van der Waals surface area (Å²) in [6.45, 7) is 0.655. The number of rotatable bonds is 5. The number of carbonyl (C=O) groups excluding carboxylic acids is 1. The first-order valence-electron chi connectivity index (χ1n) is 9.81. The van der Waals surface area contributed by atoms with Crippen LogP contribution in [0.2, 0.25) is 0 Å². The molecule has 4 atom stereocenters. The largest absolute Gasteiger partial charge is 0.485 e. The molecule has 152 valence electrons. The highest BCUT2D eigenvalue weighted by atomic mass is 16.6. The van der Waals surface area contributed by atoms with Gasteiger partial charge in [0.2, 0.25) is 0 Å². The maximum absolute atomic E-state index is 12.3. The minimum absolute atomic E-state index is 0.0285. The molecule has 2 amide bonds. The van der Waals surface area contributed by atoms with Crippen LogP contribution in [0.1, 0.15) is 32.1 Å². The molecule has 3 fully saturated rings. The number of hydrogen-bond acceptors (Lipinski definition) is 6. The quantitative estimate of drug-likeness (QED) is 0.587. The molecule has 1 aliphatic carbocycles. The van der Waals surface area contributed by atoms with E-state index in [2.05, 4.69) is 10.6 Å². The topological polar surface area (TPSA) is 112 Å². The van der Waals surface area contributed by atoms with Crippen molar-refractivity contribution in [1.82, 2.24) is 10.6 Å². The Morgan fingerprint density at radius 3 is 2.68 bits per heavy atom. The van der Waals surface area contributed by atoms with Crippen molar-refractivity contribution in [3.63, 3.8) is 0 Å². The number of urea groups is 1. The molecule has 0 spiro atoms. The third kappa shape index (κ3) is 4.20. The fourth-order valence-corrected chi connectivity index (χ4v) is 4.18. The summed E-state index contributed by atoms with van der Waals surface area (Å²) in [6, 6.07) is 5.85. The van der Waals surface area contributed by atoms with Gasteiger partial charge in [-0.05, 0) is 18.9 Å². The van der Waals surface area contributed by atoms with E-state index < -0.39 is 4.92 Å². The fraction of sp³-hybridized carbons (Fsp3) is 0.632. The molecule has 2 N–H and O–H groups in total. The van der Waals surface area contributed by atoms with Gasteiger partial charge in [-0.1, -0.05) is 25.3 Å². The zero-order chi connectivity index (χ0) is 19.5. The molecule has 2 saturated heterocycles. The van der Waals surface area contributed by atoms with Gasteiger partial charge in [0.25, 0.3) is 5.69 Å². The SMILES string of the molecule is O=C(NC1CCCCC1)N[C@H]1CO[C@H]2[C@@H]1OC[C@@H]2Oc1cccc([N+](=O)[O-])c1. The maximum Gasteiger partial charge on any atom is 0.315 e. The zero-order valence-corrected chi connectivity index (χ0v) is 15.5. The van der Waals surface area contributed by atoms with Crippen LogP contribution in [0.15, 0.2) is 24.3 Å². The minimum Gasteiger partial charge on any atom is -0.485 e. The maximum atomic E-state index is 12.3. The summed E-state index contributed by atoms with van der Waals surface area (Å²) in [5.74, 6) is 0.401. The number of nitro benzene ring substituents is 1. The van der Waals surface area contributed by atoms with Gasteiger partial charge in [-0.2, -0.15) is 0 Å². The summed E-state index contributed by atoms with van der Waals surface area (Å²) in [4.78, 5) is 22.8. The number of fused-ring (bicyclic) bond motifs is 1. The Balaban J connectivity index is 1.31. The van der Waals surface area contributed by atoms with Crippen LogP contribution in [-0.2, 0) is 9.47 Å². The smallest absolute Gasteiger partial charge is 0.315 e. The van der Waals surface area contributed by atoms with E-state index in [1.54, 1.807) is 12.1 Å². The van der Waals surface area contributed by atoms with Crippen LogP contribution >= 0.6 is 0 Å². The van der Waals surface area contributed by atoms with E-state index >= 15 is 0 Å². The Kier molecular flexibility index (Phi) is 5.63. The molecule has 0 unspecified atom stereocenters. The fourth-order valence-electron chi connectivity index (χ4n) is 4.18. The average molecular weight is 391 g/mol. The van der Waals surface area contributed by atoms with Gasteiger partial charge in [-0.25, -0.2) is 4.79 Å². The molecule has 2 heterocycles. The molecule has 2 aliphatic heterocycles. The standard InChI is InChI=1S/C19H25N3O6/c23-19(20-12-5-2-1-3-6-12)21-15-10-26-18-16(11-27-17(15)18)28-14-8-4-7-13(9-14)22(24)25/h4,7-9,12,15-18H,1-3,5-6,10-11H2,(H2,20,21,23)/t15-,16-,17+,18+/m0/s1. The van der Waals surface area contributed by atoms with Crippen LogP contribution in [0.4, 0.5) is 10.5 Å². The first-order valence-corrected chi connectivity index (χ1v) is 9.81. The van der Waals surface area contributed by atoms with Crippen LogP contribution in [0.5, 0.6) is 5.75 Å². The van der Waals surface area contributed by atoms with Crippen LogP contribution in [0, 0.1) is 10.1 Å². The second-order valence-corrected chi connectivity index (χ2v) is 7.57. The highest BCUT2D eigenvalue weighted by molar-refractivity contribution is 5.74. The average Bonchev–Trinajstić information content (AvgIpc) is 3.26.